The Kier molecular flexibility index (Phi) is 4.32. The largest absolute Gasteiger partial charge is 0.496 e. The van der Waals surface area contributed by atoms with Crippen LogP contribution in [0.3, 0.4) is 0 Å². The standard InChI is InChI=1S/C11H16NO3S/c1-4-12(5-2)16(13,14)11-8-6-10(15-3)7-9-11/h6,8-9H,4-5H2,1-3H3. The van der Waals surface area contributed by atoms with Crippen LogP contribution in [-0.2, 0) is 10.0 Å². The quantitative estimate of drug-likeness (QED) is 0.786. The molecule has 16 heavy (non-hydrogen) atoms. The minimum Gasteiger partial charge on any atom is -0.496 e. The van der Waals surface area contributed by atoms with E-state index < -0.39 is 10.0 Å². The Balaban J connectivity index is 3.07. The van der Waals surface area contributed by atoms with Crippen LogP contribution in [0.25, 0.3) is 0 Å². The second-order valence-electron chi connectivity index (χ2n) is 3.18. The highest BCUT2D eigenvalue weighted by molar-refractivity contribution is 7.89. The zero-order valence-electron chi connectivity index (χ0n) is 9.73. The third-order valence-electron chi connectivity index (χ3n) is 2.32. The molecule has 0 heterocycles. The number of sulfonamides is 1. The molecule has 5 heteroatoms. The van der Waals surface area contributed by atoms with Gasteiger partial charge in [0.2, 0.25) is 10.0 Å². The van der Waals surface area contributed by atoms with Gasteiger partial charge in [-0.05, 0) is 18.2 Å². The van der Waals surface area contributed by atoms with Crippen molar-refractivity contribution in [2.24, 2.45) is 0 Å². The van der Waals surface area contributed by atoms with Crippen LogP contribution in [0.2, 0.25) is 0 Å². The molecule has 0 amide bonds. The fourth-order valence-electron chi connectivity index (χ4n) is 1.40. The summed E-state index contributed by atoms with van der Waals surface area (Å²) < 4.78 is 30.5. The Bertz CT molecular complexity index is 421. The molecule has 0 aliphatic rings. The number of hydrogen-bond acceptors (Lipinski definition) is 3. The van der Waals surface area contributed by atoms with Crippen molar-refractivity contribution in [3.63, 3.8) is 0 Å². The van der Waals surface area contributed by atoms with E-state index in [2.05, 4.69) is 6.07 Å². The molecular formula is C11H16NO3S. The Morgan fingerprint density at radius 2 is 1.94 bits per heavy atom. The molecule has 0 bridgehead atoms. The highest BCUT2D eigenvalue weighted by atomic mass is 32.2. The lowest BCUT2D eigenvalue weighted by Gasteiger charge is -2.18. The van der Waals surface area contributed by atoms with E-state index in [1.54, 1.807) is 6.07 Å². The Morgan fingerprint density at radius 1 is 1.31 bits per heavy atom. The molecule has 0 aliphatic carbocycles. The number of ether oxygens (including phenoxy) is 1. The minimum absolute atomic E-state index is 0.247. The van der Waals surface area contributed by atoms with Gasteiger partial charge in [0, 0.05) is 19.2 Å². The van der Waals surface area contributed by atoms with E-state index in [4.69, 9.17) is 4.74 Å². The molecule has 0 aromatic heterocycles. The number of nitrogens with zero attached hydrogens (tertiary/aromatic N) is 1. The van der Waals surface area contributed by atoms with Crippen LogP contribution < -0.4 is 4.74 Å². The fraction of sp³-hybridized carbons (Fsp3) is 0.455. The van der Waals surface area contributed by atoms with Crippen LogP contribution >= 0.6 is 0 Å². The van der Waals surface area contributed by atoms with E-state index >= 15 is 0 Å². The molecule has 0 N–H and O–H groups in total. The van der Waals surface area contributed by atoms with Crippen LogP contribution in [0.5, 0.6) is 5.75 Å². The first-order valence-electron chi connectivity index (χ1n) is 5.12. The van der Waals surface area contributed by atoms with Gasteiger partial charge in [0.05, 0.1) is 12.0 Å². The topological polar surface area (TPSA) is 46.6 Å². The van der Waals surface area contributed by atoms with Crippen LogP contribution in [0.4, 0.5) is 0 Å². The van der Waals surface area contributed by atoms with E-state index in [0.717, 1.165) is 0 Å². The smallest absolute Gasteiger partial charge is 0.243 e. The zero-order chi connectivity index (χ0) is 12.2. The molecule has 1 aromatic rings. The number of methoxy groups -OCH3 is 1. The van der Waals surface area contributed by atoms with Crippen molar-refractivity contribution in [2.45, 2.75) is 18.7 Å². The van der Waals surface area contributed by atoms with E-state index in [1.807, 2.05) is 13.8 Å². The predicted octanol–water partition coefficient (Wildman–Crippen LogP) is 1.53. The molecule has 0 aliphatic heterocycles. The maximum absolute atomic E-state index is 12.1. The minimum atomic E-state index is -3.38. The monoisotopic (exact) mass is 242 g/mol. The van der Waals surface area contributed by atoms with Crippen molar-refractivity contribution in [2.75, 3.05) is 20.2 Å². The average Bonchev–Trinajstić information content (AvgIpc) is 2.30. The highest BCUT2D eigenvalue weighted by Gasteiger charge is 2.21. The van der Waals surface area contributed by atoms with E-state index in [-0.39, 0.29) is 4.90 Å². The molecule has 0 spiro atoms. The Labute approximate surface area is 96.9 Å². The summed E-state index contributed by atoms with van der Waals surface area (Å²) in [6.45, 7) is 4.55. The second kappa shape index (κ2) is 5.32. The third-order valence-corrected chi connectivity index (χ3v) is 4.36. The van der Waals surface area contributed by atoms with E-state index in [0.29, 0.717) is 18.8 Å². The van der Waals surface area contributed by atoms with Gasteiger partial charge in [0.1, 0.15) is 5.75 Å². The molecule has 1 radical (unpaired) electrons. The molecule has 89 valence electrons. The molecule has 1 aromatic carbocycles. The van der Waals surface area contributed by atoms with E-state index in [1.165, 1.54) is 23.5 Å². The maximum atomic E-state index is 12.1. The second-order valence-corrected chi connectivity index (χ2v) is 5.12. The molecule has 0 fully saturated rings. The first kappa shape index (κ1) is 13.0. The summed E-state index contributed by atoms with van der Waals surface area (Å²) >= 11 is 0. The zero-order valence-corrected chi connectivity index (χ0v) is 10.5. The summed E-state index contributed by atoms with van der Waals surface area (Å²) in [6.07, 6.45) is 0. The predicted molar refractivity (Wildman–Crippen MR) is 61.9 cm³/mol. The van der Waals surface area contributed by atoms with Crippen LogP contribution in [0.15, 0.2) is 23.1 Å². The fourth-order valence-corrected chi connectivity index (χ4v) is 2.82. The van der Waals surface area contributed by atoms with Gasteiger partial charge >= 0.3 is 0 Å². The van der Waals surface area contributed by atoms with Crippen LogP contribution in [-0.4, -0.2) is 32.9 Å². The summed E-state index contributed by atoms with van der Waals surface area (Å²) in [7, 11) is -1.86. The molecule has 4 nitrogen and oxygen atoms in total. The number of benzene rings is 1. The summed E-state index contributed by atoms with van der Waals surface area (Å²) in [5.41, 5.74) is 0. The van der Waals surface area contributed by atoms with Crippen molar-refractivity contribution < 1.29 is 13.2 Å². The highest BCUT2D eigenvalue weighted by Crippen LogP contribution is 2.18. The van der Waals surface area contributed by atoms with Crippen LogP contribution in [0.1, 0.15) is 13.8 Å². The van der Waals surface area contributed by atoms with Crippen molar-refractivity contribution in [1.82, 2.24) is 4.31 Å². The lowest BCUT2D eigenvalue weighted by Crippen LogP contribution is -2.30. The molecule has 0 saturated carbocycles. The maximum Gasteiger partial charge on any atom is 0.243 e. The molecule has 1 rings (SSSR count). The lowest BCUT2D eigenvalue weighted by molar-refractivity contribution is 0.413. The molecule has 0 unspecified atom stereocenters. The number of hydrogen-bond donors (Lipinski definition) is 0. The Hall–Kier alpha value is -1.07. The van der Waals surface area contributed by atoms with Crippen molar-refractivity contribution in [3.05, 3.63) is 24.3 Å². The third kappa shape index (κ3) is 2.54. The van der Waals surface area contributed by atoms with Gasteiger partial charge in [-0.25, -0.2) is 8.42 Å². The SMILES string of the molecule is CCN(CC)S(=O)(=O)c1c[c]c(OC)cc1. The van der Waals surface area contributed by atoms with E-state index in [9.17, 15) is 8.42 Å². The first-order valence-corrected chi connectivity index (χ1v) is 6.56. The summed E-state index contributed by atoms with van der Waals surface area (Å²) in [6, 6.07) is 7.33. The lowest BCUT2D eigenvalue weighted by atomic mass is 10.3. The van der Waals surface area contributed by atoms with Gasteiger partial charge < -0.3 is 4.74 Å². The van der Waals surface area contributed by atoms with Gasteiger partial charge in [0.25, 0.3) is 0 Å². The molecule has 0 atom stereocenters. The average molecular weight is 242 g/mol. The molecular weight excluding hydrogens is 226 g/mol. The van der Waals surface area contributed by atoms with Crippen molar-refractivity contribution in [3.8, 4) is 5.75 Å². The van der Waals surface area contributed by atoms with Crippen LogP contribution in [0, 0.1) is 6.07 Å². The van der Waals surface area contributed by atoms with Gasteiger partial charge in [-0.2, -0.15) is 4.31 Å². The first-order chi connectivity index (χ1) is 7.56. The van der Waals surface area contributed by atoms with Gasteiger partial charge in [-0.1, -0.05) is 13.8 Å². The molecule has 0 saturated heterocycles. The summed E-state index contributed by atoms with van der Waals surface area (Å²) in [5.74, 6) is 0.526. The van der Waals surface area contributed by atoms with Gasteiger partial charge in [-0.3, -0.25) is 0 Å². The number of rotatable bonds is 5. The summed E-state index contributed by atoms with van der Waals surface area (Å²) in [4.78, 5) is 0.247. The van der Waals surface area contributed by atoms with Crippen molar-refractivity contribution in [1.29, 1.82) is 0 Å². The Morgan fingerprint density at radius 3 is 2.31 bits per heavy atom. The van der Waals surface area contributed by atoms with Crippen molar-refractivity contribution >= 4 is 10.0 Å². The normalized spacial score (nSPS) is 11.8. The van der Waals surface area contributed by atoms with Gasteiger partial charge in [-0.15, -0.1) is 0 Å². The van der Waals surface area contributed by atoms with Gasteiger partial charge in [0.15, 0.2) is 0 Å². The summed E-state index contributed by atoms with van der Waals surface area (Å²) in [5, 5.41) is 0.